The van der Waals surface area contributed by atoms with E-state index in [2.05, 4.69) is 20.6 Å². The molecular formula is C27H26F3N5O2. The van der Waals surface area contributed by atoms with Gasteiger partial charge >= 0.3 is 6.18 Å². The Labute approximate surface area is 211 Å². The molecule has 0 atom stereocenters. The van der Waals surface area contributed by atoms with Crippen molar-refractivity contribution in [1.82, 2.24) is 19.9 Å². The molecule has 0 aliphatic carbocycles. The number of rotatable bonds is 9. The van der Waals surface area contributed by atoms with Crippen LogP contribution in [0.1, 0.15) is 29.3 Å². The summed E-state index contributed by atoms with van der Waals surface area (Å²) >= 11 is 0. The molecular weight excluding hydrogens is 483 g/mol. The lowest BCUT2D eigenvalue weighted by molar-refractivity contribution is -0.137. The molecule has 10 heteroatoms. The summed E-state index contributed by atoms with van der Waals surface area (Å²) in [5.41, 5.74) is 1.73. The van der Waals surface area contributed by atoms with Gasteiger partial charge in [-0.15, -0.1) is 0 Å². The van der Waals surface area contributed by atoms with Crippen LogP contribution < -0.4 is 16.2 Å². The number of aryl methyl sites for hydroxylation is 2. The summed E-state index contributed by atoms with van der Waals surface area (Å²) in [4.78, 5) is 33.8. The van der Waals surface area contributed by atoms with E-state index in [1.165, 1.54) is 17.6 Å². The van der Waals surface area contributed by atoms with Gasteiger partial charge in [0.2, 0.25) is 5.91 Å². The lowest BCUT2D eigenvalue weighted by Crippen LogP contribution is -2.32. The van der Waals surface area contributed by atoms with Gasteiger partial charge in [0.25, 0.3) is 5.56 Å². The molecule has 0 spiro atoms. The Bertz CT molecular complexity index is 1450. The number of anilines is 1. The number of hydrogen-bond donors (Lipinski definition) is 2. The van der Waals surface area contributed by atoms with Gasteiger partial charge in [-0.3, -0.25) is 14.2 Å². The van der Waals surface area contributed by atoms with Crippen molar-refractivity contribution >= 4 is 22.9 Å². The minimum absolute atomic E-state index is 0.112. The maximum absolute atomic E-state index is 13.3. The monoisotopic (exact) mass is 509 g/mol. The van der Waals surface area contributed by atoms with Crippen LogP contribution in [0.5, 0.6) is 0 Å². The highest BCUT2D eigenvalue weighted by molar-refractivity contribution is 5.73. The summed E-state index contributed by atoms with van der Waals surface area (Å²) < 4.78 is 40.6. The molecule has 2 aromatic carbocycles. The van der Waals surface area contributed by atoms with E-state index in [0.717, 1.165) is 17.7 Å². The van der Waals surface area contributed by atoms with E-state index in [1.807, 2.05) is 30.3 Å². The molecule has 0 unspecified atom stereocenters. The van der Waals surface area contributed by atoms with Gasteiger partial charge in [0.15, 0.2) is 5.65 Å². The van der Waals surface area contributed by atoms with Crippen LogP contribution in [0.3, 0.4) is 0 Å². The molecule has 0 radical (unpaired) electrons. The molecule has 0 bridgehead atoms. The second-order valence-corrected chi connectivity index (χ2v) is 8.57. The first-order valence-corrected chi connectivity index (χ1v) is 11.8. The van der Waals surface area contributed by atoms with Crippen LogP contribution in [-0.2, 0) is 36.9 Å². The van der Waals surface area contributed by atoms with Gasteiger partial charge in [-0.2, -0.15) is 13.2 Å². The number of amides is 1. The first-order chi connectivity index (χ1) is 17.7. The van der Waals surface area contributed by atoms with Crippen LogP contribution in [0, 0.1) is 0 Å². The van der Waals surface area contributed by atoms with Crippen molar-refractivity contribution in [3.63, 3.8) is 0 Å². The van der Waals surface area contributed by atoms with Crippen LogP contribution in [0.2, 0.25) is 0 Å². The molecule has 4 aromatic rings. The van der Waals surface area contributed by atoms with Crippen molar-refractivity contribution in [2.24, 2.45) is 0 Å². The maximum atomic E-state index is 13.3. The lowest BCUT2D eigenvalue weighted by Gasteiger charge is -2.14. The zero-order chi connectivity index (χ0) is 26.4. The van der Waals surface area contributed by atoms with E-state index in [0.29, 0.717) is 41.1 Å². The van der Waals surface area contributed by atoms with E-state index >= 15 is 0 Å². The SMILES string of the molecule is CC(=O)NCCn1c(=O)c(CCc2ccccc2)nc2ccc(NCc3cccc(C(F)(F)F)c3)nc21. The summed E-state index contributed by atoms with van der Waals surface area (Å²) in [6.07, 6.45) is -3.34. The van der Waals surface area contributed by atoms with Gasteiger partial charge in [-0.05, 0) is 48.2 Å². The topological polar surface area (TPSA) is 88.9 Å². The third kappa shape index (κ3) is 6.72. The fraction of sp³-hybridized carbons (Fsp3) is 0.259. The van der Waals surface area contributed by atoms with Crippen molar-refractivity contribution in [3.05, 3.63) is 99.5 Å². The van der Waals surface area contributed by atoms with Crippen molar-refractivity contribution in [2.75, 3.05) is 11.9 Å². The Morgan fingerprint density at radius 3 is 2.43 bits per heavy atom. The number of fused-ring (bicyclic) bond motifs is 1. The largest absolute Gasteiger partial charge is 0.416 e. The van der Waals surface area contributed by atoms with Crippen LogP contribution in [0.15, 0.2) is 71.5 Å². The van der Waals surface area contributed by atoms with E-state index in [9.17, 15) is 22.8 Å². The summed E-state index contributed by atoms with van der Waals surface area (Å²) in [7, 11) is 0. The molecule has 4 rings (SSSR count). The van der Waals surface area contributed by atoms with Crippen molar-refractivity contribution in [2.45, 2.75) is 39.0 Å². The summed E-state index contributed by atoms with van der Waals surface area (Å²) in [5.74, 6) is 0.170. The van der Waals surface area contributed by atoms with Crippen LogP contribution >= 0.6 is 0 Å². The molecule has 1 amide bonds. The Hall–Kier alpha value is -4.21. The number of alkyl halides is 3. The molecule has 0 saturated carbocycles. The van der Waals surface area contributed by atoms with Crippen molar-refractivity contribution in [1.29, 1.82) is 0 Å². The standard InChI is InChI=1S/C27H26F3N5O2/c1-18(36)31-14-15-35-25-22(33-23(26(35)37)11-10-19-6-3-2-4-7-19)12-13-24(34-25)32-17-20-8-5-9-21(16-20)27(28,29)30/h2-9,12-13,16H,10-11,14-15,17H2,1H3,(H,31,36)(H,32,34). The predicted octanol–water partition coefficient (Wildman–Crippen LogP) is 4.34. The summed E-state index contributed by atoms with van der Waals surface area (Å²) in [5, 5.41) is 5.71. The van der Waals surface area contributed by atoms with Gasteiger partial charge in [0.05, 0.1) is 5.56 Å². The number of carbonyl (C=O) groups excluding carboxylic acids is 1. The Kier molecular flexibility index (Phi) is 7.86. The molecule has 2 aromatic heterocycles. The van der Waals surface area contributed by atoms with Gasteiger partial charge < -0.3 is 10.6 Å². The Morgan fingerprint density at radius 1 is 0.946 bits per heavy atom. The fourth-order valence-corrected chi connectivity index (χ4v) is 3.94. The fourth-order valence-electron chi connectivity index (χ4n) is 3.94. The second kappa shape index (κ2) is 11.2. The lowest BCUT2D eigenvalue weighted by atomic mass is 10.1. The average molecular weight is 510 g/mol. The number of nitrogens with zero attached hydrogens (tertiary/aromatic N) is 3. The second-order valence-electron chi connectivity index (χ2n) is 8.57. The van der Waals surface area contributed by atoms with Gasteiger partial charge in [-0.1, -0.05) is 42.5 Å². The van der Waals surface area contributed by atoms with E-state index in [1.54, 1.807) is 18.2 Å². The quantitative estimate of drug-likeness (QED) is 0.350. The zero-order valence-electron chi connectivity index (χ0n) is 20.2. The number of benzene rings is 2. The number of pyridine rings is 1. The predicted molar refractivity (Wildman–Crippen MR) is 135 cm³/mol. The number of carbonyl (C=O) groups is 1. The number of aromatic nitrogens is 3. The molecule has 2 heterocycles. The highest BCUT2D eigenvalue weighted by Gasteiger charge is 2.30. The van der Waals surface area contributed by atoms with Gasteiger partial charge in [0, 0.05) is 26.6 Å². The van der Waals surface area contributed by atoms with E-state index in [4.69, 9.17) is 0 Å². The van der Waals surface area contributed by atoms with Crippen LogP contribution in [0.25, 0.3) is 11.2 Å². The first kappa shape index (κ1) is 25.9. The molecule has 0 aliphatic heterocycles. The third-order valence-corrected chi connectivity index (χ3v) is 5.79. The molecule has 0 saturated heterocycles. The normalized spacial score (nSPS) is 11.5. The Balaban J connectivity index is 1.61. The van der Waals surface area contributed by atoms with Crippen molar-refractivity contribution < 1.29 is 18.0 Å². The van der Waals surface area contributed by atoms with Crippen molar-refractivity contribution in [3.8, 4) is 0 Å². The highest BCUT2D eigenvalue weighted by Crippen LogP contribution is 2.29. The van der Waals surface area contributed by atoms with Crippen LogP contribution in [0.4, 0.5) is 19.0 Å². The highest BCUT2D eigenvalue weighted by atomic mass is 19.4. The molecule has 37 heavy (non-hydrogen) atoms. The van der Waals surface area contributed by atoms with Gasteiger partial charge in [-0.25, -0.2) is 9.97 Å². The smallest absolute Gasteiger partial charge is 0.366 e. The number of nitrogens with one attached hydrogen (secondary N) is 2. The molecule has 7 nitrogen and oxygen atoms in total. The summed E-state index contributed by atoms with van der Waals surface area (Å²) in [6.45, 7) is 1.93. The third-order valence-electron chi connectivity index (χ3n) is 5.79. The Morgan fingerprint density at radius 2 is 1.70 bits per heavy atom. The van der Waals surface area contributed by atoms with Crippen LogP contribution in [-0.4, -0.2) is 27.0 Å². The summed E-state index contributed by atoms with van der Waals surface area (Å²) in [6, 6.07) is 18.2. The molecule has 2 N–H and O–H groups in total. The van der Waals surface area contributed by atoms with E-state index < -0.39 is 11.7 Å². The van der Waals surface area contributed by atoms with E-state index in [-0.39, 0.29) is 31.1 Å². The number of halogens is 3. The average Bonchev–Trinajstić information content (AvgIpc) is 2.88. The number of hydrogen-bond acceptors (Lipinski definition) is 5. The molecule has 0 fully saturated rings. The molecule has 192 valence electrons. The first-order valence-electron chi connectivity index (χ1n) is 11.8. The zero-order valence-corrected chi connectivity index (χ0v) is 20.2. The van der Waals surface area contributed by atoms with Gasteiger partial charge in [0.1, 0.15) is 17.0 Å². The minimum atomic E-state index is -4.43. The molecule has 0 aliphatic rings. The minimum Gasteiger partial charge on any atom is -0.366 e. The maximum Gasteiger partial charge on any atom is 0.416 e.